The third kappa shape index (κ3) is 2.21. The van der Waals surface area contributed by atoms with E-state index in [-0.39, 0.29) is 11.7 Å². The molecule has 0 radical (unpaired) electrons. The van der Waals surface area contributed by atoms with Crippen LogP contribution < -0.4 is 10.6 Å². The van der Waals surface area contributed by atoms with Crippen LogP contribution in [0.5, 0.6) is 0 Å². The van der Waals surface area contributed by atoms with Gasteiger partial charge in [0.05, 0.1) is 5.56 Å². The summed E-state index contributed by atoms with van der Waals surface area (Å²) in [5.74, 6) is -0.576. The van der Waals surface area contributed by atoms with E-state index in [4.69, 9.17) is 0 Å². The van der Waals surface area contributed by atoms with Gasteiger partial charge in [0.25, 0.3) is 5.91 Å². The van der Waals surface area contributed by atoms with Gasteiger partial charge in [-0.05, 0) is 24.3 Å². The monoisotopic (exact) mass is 320 g/mol. The summed E-state index contributed by atoms with van der Waals surface area (Å²) in [5, 5.41) is 5.86. The average Bonchev–Trinajstić information content (AvgIpc) is 2.38. The zero-order valence-corrected chi connectivity index (χ0v) is 11.4. The number of anilines is 1. The van der Waals surface area contributed by atoms with E-state index in [9.17, 15) is 9.18 Å². The number of hydrogen-bond donors (Lipinski definition) is 2. The molecule has 2 aromatic carbocycles. The third-order valence-electron chi connectivity index (χ3n) is 3.02. The Labute approximate surface area is 118 Å². The van der Waals surface area contributed by atoms with Crippen molar-refractivity contribution in [2.24, 2.45) is 0 Å². The van der Waals surface area contributed by atoms with Gasteiger partial charge in [-0.3, -0.25) is 4.79 Å². The minimum Gasteiger partial charge on any atom is -0.361 e. The van der Waals surface area contributed by atoms with Crippen molar-refractivity contribution in [3.05, 3.63) is 63.9 Å². The number of para-hydroxylation sites is 1. The number of nitrogens with one attached hydrogen (secondary N) is 2. The van der Waals surface area contributed by atoms with E-state index in [2.05, 4.69) is 26.6 Å². The second-order valence-corrected chi connectivity index (χ2v) is 5.18. The summed E-state index contributed by atoms with van der Waals surface area (Å²) in [6.07, 6.45) is -0.560. The van der Waals surface area contributed by atoms with Crippen molar-refractivity contribution in [3.63, 3.8) is 0 Å². The molecule has 2 aromatic rings. The highest BCUT2D eigenvalue weighted by molar-refractivity contribution is 9.10. The van der Waals surface area contributed by atoms with E-state index in [1.807, 2.05) is 6.07 Å². The minimum absolute atomic E-state index is 0.207. The molecular weight excluding hydrogens is 311 g/mol. The number of halogens is 2. The fourth-order valence-electron chi connectivity index (χ4n) is 2.10. The molecule has 2 N–H and O–H groups in total. The highest BCUT2D eigenvalue weighted by Crippen LogP contribution is 2.28. The number of carbonyl (C=O) groups excluding carboxylic acids is 1. The molecule has 3 nitrogen and oxygen atoms in total. The van der Waals surface area contributed by atoms with Gasteiger partial charge in [0.2, 0.25) is 0 Å². The molecule has 0 unspecified atom stereocenters. The van der Waals surface area contributed by atoms with Crippen LogP contribution in [0.4, 0.5) is 10.1 Å². The standard InChI is InChI=1S/C14H10BrFN2O/c15-8-5-6-9(11(16)7-8)13-17-12-4-2-1-3-10(12)14(19)18-13/h1-7,13,17H,(H,18,19)/t13-/m1/s1. The van der Waals surface area contributed by atoms with E-state index in [1.54, 1.807) is 30.3 Å². The van der Waals surface area contributed by atoms with Crippen molar-refractivity contribution >= 4 is 27.5 Å². The summed E-state index contributed by atoms with van der Waals surface area (Å²) in [6.45, 7) is 0. The molecule has 96 valence electrons. The van der Waals surface area contributed by atoms with Gasteiger partial charge in [-0.15, -0.1) is 0 Å². The van der Waals surface area contributed by atoms with Gasteiger partial charge in [-0.2, -0.15) is 0 Å². The lowest BCUT2D eigenvalue weighted by Crippen LogP contribution is -2.38. The van der Waals surface area contributed by atoms with Gasteiger partial charge in [0.1, 0.15) is 12.0 Å². The highest BCUT2D eigenvalue weighted by Gasteiger charge is 2.25. The molecule has 0 aliphatic carbocycles. The molecule has 1 aliphatic heterocycles. The van der Waals surface area contributed by atoms with Crippen molar-refractivity contribution < 1.29 is 9.18 Å². The molecule has 1 aliphatic rings. The number of benzene rings is 2. The van der Waals surface area contributed by atoms with Crippen LogP contribution >= 0.6 is 15.9 Å². The number of amides is 1. The molecule has 0 spiro atoms. The van der Waals surface area contributed by atoms with Crippen molar-refractivity contribution in [2.75, 3.05) is 5.32 Å². The normalized spacial score (nSPS) is 17.4. The van der Waals surface area contributed by atoms with E-state index in [1.165, 1.54) is 6.07 Å². The Morgan fingerprint density at radius 2 is 1.89 bits per heavy atom. The number of carbonyl (C=O) groups is 1. The molecule has 1 heterocycles. The lowest BCUT2D eigenvalue weighted by atomic mass is 10.1. The molecule has 0 saturated heterocycles. The molecule has 3 rings (SSSR count). The maximum Gasteiger partial charge on any atom is 0.255 e. The molecule has 0 fully saturated rings. The predicted octanol–water partition coefficient (Wildman–Crippen LogP) is 3.44. The molecule has 19 heavy (non-hydrogen) atoms. The van der Waals surface area contributed by atoms with Gasteiger partial charge in [-0.1, -0.05) is 34.1 Å². The first-order chi connectivity index (χ1) is 9.15. The minimum atomic E-state index is -0.560. The summed E-state index contributed by atoms with van der Waals surface area (Å²) >= 11 is 3.21. The van der Waals surface area contributed by atoms with Crippen LogP contribution in [0.2, 0.25) is 0 Å². The van der Waals surface area contributed by atoms with E-state index < -0.39 is 6.17 Å². The molecule has 5 heteroatoms. The molecular formula is C14H10BrFN2O. The van der Waals surface area contributed by atoms with Crippen LogP contribution in [-0.4, -0.2) is 5.91 Å². The van der Waals surface area contributed by atoms with Gasteiger partial charge >= 0.3 is 0 Å². The zero-order chi connectivity index (χ0) is 13.4. The van der Waals surface area contributed by atoms with Crippen LogP contribution in [0.25, 0.3) is 0 Å². The Balaban J connectivity index is 1.99. The SMILES string of the molecule is O=C1N[C@H](c2ccc(Br)cc2F)Nc2ccccc21. The largest absolute Gasteiger partial charge is 0.361 e. The van der Waals surface area contributed by atoms with Gasteiger partial charge < -0.3 is 10.6 Å². The Morgan fingerprint density at radius 3 is 2.68 bits per heavy atom. The van der Waals surface area contributed by atoms with Gasteiger partial charge in [0, 0.05) is 15.7 Å². The molecule has 1 amide bonds. The average molecular weight is 321 g/mol. The van der Waals surface area contributed by atoms with Crippen molar-refractivity contribution in [3.8, 4) is 0 Å². The first-order valence-electron chi connectivity index (χ1n) is 5.76. The summed E-state index contributed by atoms with van der Waals surface area (Å²) in [4.78, 5) is 12.0. The summed E-state index contributed by atoms with van der Waals surface area (Å²) in [7, 11) is 0. The lowest BCUT2D eigenvalue weighted by Gasteiger charge is -2.28. The summed E-state index contributed by atoms with van der Waals surface area (Å²) in [5.41, 5.74) is 1.68. The highest BCUT2D eigenvalue weighted by atomic mass is 79.9. The first-order valence-corrected chi connectivity index (χ1v) is 6.56. The number of hydrogen-bond acceptors (Lipinski definition) is 2. The maximum atomic E-state index is 13.9. The van der Waals surface area contributed by atoms with Crippen LogP contribution in [0.1, 0.15) is 22.1 Å². The van der Waals surface area contributed by atoms with Crippen LogP contribution in [0.15, 0.2) is 46.9 Å². The van der Waals surface area contributed by atoms with Gasteiger partial charge in [-0.25, -0.2) is 4.39 Å². The van der Waals surface area contributed by atoms with E-state index in [0.717, 1.165) is 0 Å². The summed E-state index contributed by atoms with van der Waals surface area (Å²) in [6, 6.07) is 11.9. The first kappa shape index (κ1) is 12.2. The van der Waals surface area contributed by atoms with Crippen LogP contribution in [0.3, 0.4) is 0 Å². The quantitative estimate of drug-likeness (QED) is 0.845. The Hall–Kier alpha value is -1.88. The third-order valence-corrected chi connectivity index (χ3v) is 3.51. The Morgan fingerprint density at radius 1 is 1.11 bits per heavy atom. The molecule has 1 atom stereocenters. The van der Waals surface area contributed by atoms with Crippen LogP contribution in [0, 0.1) is 5.82 Å². The second-order valence-electron chi connectivity index (χ2n) is 4.26. The fourth-order valence-corrected chi connectivity index (χ4v) is 2.43. The number of rotatable bonds is 1. The van der Waals surface area contributed by atoms with Crippen molar-refractivity contribution in [1.82, 2.24) is 5.32 Å². The smallest absolute Gasteiger partial charge is 0.255 e. The molecule has 0 saturated carbocycles. The van der Waals surface area contributed by atoms with E-state index >= 15 is 0 Å². The van der Waals surface area contributed by atoms with Gasteiger partial charge in [0.15, 0.2) is 0 Å². The predicted molar refractivity (Wildman–Crippen MR) is 74.4 cm³/mol. The second kappa shape index (κ2) is 4.66. The Kier molecular flexibility index (Phi) is 2.98. The van der Waals surface area contributed by atoms with E-state index in [0.29, 0.717) is 21.3 Å². The zero-order valence-electron chi connectivity index (χ0n) is 9.78. The Bertz CT molecular complexity index is 660. The summed E-state index contributed by atoms with van der Waals surface area (Å²) < 4.78 is 14.6. The van der Waals surface area contributed by atoms with Crippen molar-refractivity contribution in [1.29, 1.82) is 0 Å². The van der Waals surface area contributed by atoms with Crippen molar-refractivity contribution in [2.45, 2.75) is 6.17 Å². The molecule has 0 bridgehead atoms. The lowest BCUT2D eigenvalue weighted by molar-refractivity contribution is 0.0935. The molecule has 0 aromatic heterocycles. The topological polar surface area (TPSA) is 41.1 Å². The number of fused-ring (bicyclic) bond motifs is 1. The maximum absolute atomic E-state index is 13.9. The van der Waals surface area contributed by atoms with Crippen LogP contribution in [-0.2, 0) is 0 Å². The fraction of sp³-hybridized carbons (Fsp3) is 0.0714.